The van der Waals surface area contributed by atoms with E-state index in [-0.39, 0.29) is 0 Å². The maximum Gasteiger partial charge on any atom is 0.128 e. The molecule has 17 heavy (non-hydrogen) atoms. The lowest BCUT2D eigenvalue weighted by atomic mass is 10.3. The normalized spacial score (nSPS) is 10.0. The summed E-state index contributed by atoms with van der Waals surface area (Å²) < 4.78 is 6.06. The first kappa shape index (κ1) is 13.9. The SMILES string of the molecule is COCCN(CCC#N)c1cc(C)c(Br)cn1. The Bertz CT molecular complexity index is 403. The molecule has 0 saturated carbocycles. The van der Waals surface area contributed by atoms with Gasteiger partial charge in [-0.15, -0.1) is 0 Å². The molecule has 1 heterocycles. The topological polar surface area (TPSA) is 49.1 Å². The molecule has 0 spiro atoms. The quantitative estimate of drug-likeness (QED) is 0.809. The van der Waals surface area contributed by atoms with Gasteiger partial charge >= 0.3 is 0 Å². The van der Waals surface area contributed by atoms with Crippen molar-refractivity contribution in [2.75, 3.05) is 31.7 Å². The highest BCUT2D eigenvalue weighted by Crippen LogP contribution is 2.20. The number of aryl methyl sites for hydroxylation is 1. The van der Waals surface area contributed by atoms with E-state index in [1.165, 1.54) is 0 Å². The molecule has 0 bridgehead atoms. The number of nitrogens with zero attached hydrogens (tertiary/aromatic N) is 3. The minimum absolute atomic E-state index is 0.487. The summed E-state index contributed by atoms with van der Waals surface area (Å²) in [5.74, 6) is 0.887. The first-order chi connectivity index (χ1) is 8.19. The van der Waals surface area contributed by atoms with Crippen molar-refractivity contribution in [2.24, 2.45) is 0 Å². The largest absolute Gasteiger partial charge is 0.383 e. The lowest BCUT2D eigenvalue weighted by Gasteiger charge is -2.22. The van der Waals surface area contributed by atoms with E-state index < -0.39 is 0 Å². The van der Waals surface area contributed by atoms with Crippen LogP contribution in [0.3, 0.4) is 0 Å². The Balaban J connectivity index is 2.80. The van der Waals surface area contributed by atoms with Gasteiger partial charge in [-0.3, -0.25) is 0 Å². The molecule has 0 radical (unpaired) electrons. The molecule has 0 unspecified atom stereocenters. The number of methoxy groups -OCH3 is 1. The van der Waals surface area contributed by atoms with E-state index in [0.717, 1.165) is 22.4 Å². The van der Waals surface area contributed by atoms with Crippen LogP contribution in [-0.2, 0) is 4.74 Å². The number of rotatable bonds is 6. The zero-order chi connectivity index (χ0) is 12.7. The molecular weight excluding hydrogens is 282 g/mol. The molecule has 1 rings (SSSR count). The summed E-state index contributed by atoms with van der Waals surface area (Å²) in [5.41, 5.74) is 1.13. The molecule has 0 aromatic carbocycles. The van der Waals surface area contributed by atoms with Gasteiger partial charge in [0.2, 0.25) is 0 Å². The fourth-order valence-electron chi connectivity index (χ4n) is 1.42. The first-order valence-corrected chi connectivity index (χ1v) is 6.21. The average molecular weight is 298 g/mol. The van der Waals surface area contributed by atoms with Crippen molar-refractivity contribution in [1.82, 2.24) is 4.98 Å². The fourth-order valence-corrected chi connectivity index (χ4v) is 1.64. The van der Waals surface area contributed by atoms with Gasteiger partial charge in [0.1, 0.15) is 5.82 Å². The Hall–Kier alpha value is -1.12. The van der Waals surface area contributed by atoms with Gasteiger partial charge in [0.25, 0.3) is 0 Å². The van der Waals surface area contributed by atoms with Crippen molar-refractivity contribution in [3.8, 4) is 6.07 Å². The minimum atomic E-state index is 0.487. The van der Waals surface area contributed by atoms with E-state index in [4.69, 9.17) is 10.00 Å². The molecule has 92 valence electrons. The second kappa shape index (κ2) is 7.25. The van der Waals surface area contributed by atoms with Crippen LogP contribution in [0.15, 0.2) is 16.7 Å². The third-order valence-electron chi connectivity index (χ3n) is 2.42. The number of nitriles is 1. The number of aromatic nitrogens is 1. The molecule has 0 fully saturated rings. The van der Waals surface area contributed by atoms with Crippen molar-refractivity contribution in [3.05, 3.63) is 22.3 Å². The molecular formula is C12H16BrN3O. The standard InChI is InChI=1S/C12H16BrN3O/c1-10-8-12(15-9-11(10)13)16(5-3-4-14)6-7-17-2/h8-9H,3,5-7H2,1-2H3. The van der Waals surface area contributed by atoms with Crippen LogP contribution >= 0.6 is 15.9 Å². The number of pyridine rings is 1. The molecule has 0 aliphatic rings. The van der Waals surface area contributed by atoms with Crippen LogP contribution in [0.25, 0.3) is 0 Å². The summed E-state index contributed by atoms with van der Waals surface area (Å²) in [6.45, 7) is 4.07. The number of hydrogen-bond donors (Lipinski definition) is 0. The highest BCUT2D eigenvalue weighted by atomic mass is 79.9. The third kappa shape index (κ3) is 4.33. The highest BCUT2D eigenvalue weighted by Gasteiger charge is 2.08. The molecule has 4 nitrogen and oxygen atoms in total. The minimum Gasteiger partial charge on any atom is -0.383 e. The predicted octanol–water partition coefficient (Wildman–Crippen LogP) is 2.52. The molecule has 5 heteroatoms. The Labute approximate surface area is 110 Å². The highest BCUT2D eigenvalue weighted by molar-refractivity contribution is 9.10. The Kier molecular flexibility index (Phi) is 5.95. The van der Waals surface area contributed by atoms with Gasteiger partial charge in [-0.05, 0) is 34.5 Å². The van der Waals surface area contributed by atoms with E-state index in [9.17, 15) is 0 Å². The lowest BCUT2D eigenvalue weighted by molar-refractivity contribution is 0.205. The maximum absolute atomic E-state index is 8.65. The summed E-state index contributed by atoms with van der Waals surface area (Å²) in [7, 11) is 1.67. The van der Waals surface area contributed by atoms with Crippen LogP contribution in [0.5, 0.6) is 0 Å². The first-order valence-electron chi connectivity index (χ1n) is 5.42. The predicted molar refractivity (Wildman–Crippen MR) is 71.0 cm³/mol. The second-order valence-electron chi connectivity index (χ2n) is 3.68. The molecule has 1 aromatic rings. The van der Waals surface area contributed by atoms with Crippen LogP contribution in [0, 0.1) is 18.3 Å². The van der Waals surface area contributed by atoms with E-state index in [0.29, 0.717) is 19.6 Å². The monoisotopic (exact) mass is 297 g/mol. The maximum atomic E-state index is 8.65. The zero-order valence-corrected chi connectivity index (χ0v) is 11.7. The fraction of sp³-hybridized carbons (Fsp3) is 0.500. The Morgan fingerprint density at radius 2 is 2.29 bits per heavy atom. The number of halogens is 1. The number of anilines is 1. The van der Waals surface area contributed by atoms with Crippen LogP contribution in [0.2, 0.25) is 0 Å². The van der Waals surface area contributed by atoms with Gasteiger partial charge in [0.15, 0.2) is 0 Å². The van der Waals surface area contributed by atoms with Crippen LogP contribution < -0.4 is 4.90 Å². The Morgan fingerprint density at radius 1 is 1.53 bits per heavy atom. The van der Waals surface area contributed by atoms with Crippen molar-refractivity contribution in [3.63, 3.8) is 0 Å². The van der Waals surface area contributed by atoms with Crippen molar-refractivity contribution in [2.45, 2.75) is 13.3 Å². The van der Waals surface area contributed by atoms with Crippen molar-refractivity contribution < 1.29 is 4.74 Å². The third-order valence-corrected chi connectivity index (χ3v) is 3.25. The molecule has 1 aromatic heterocycles. The molecule has 0 aliphatic heterocycles. The number of ether oxygens (including phenoxy) is 1. The molecule has 0 amide bonds. The van der Waals surface area contributed by atoms with Crippen LogP contribution in [-0.4, -0.2) is 31.8 Å². The van der Waals surface area contributed by atoms with Gasteiger partial charge in [0, 0.05) is 30.9 Å². The van der Waals surface area contributed by atoms with Gasteiger partial charge in [-0.2, -0.15) is 5.26 Å². The number of hydrogen-bond acceptors (Lipinski definition) is 4. The summed E-state index contributed by atoms with van der Waals surface area (Å²) in [5, 5.41) is 8.65. The van der Waals surface area contributed by atoms with E-state index in [2.05, 4.69) is 31.9 Å². The molecule has 0 atom stereocenters. The van der Waals surface area contributed by atoms with Gasteiger partial charge in [-0.1, -0.05) is 0 Å². The summed E-state index contributed by atoms with van der Waals surface area (Å²) in [6.07, 6.45) is 2.28. The van der Waals surface area contributed by atoms with Gasteiger partial charge in [0.05, 0.1) is 19.1 Å². The lowest BCUT2D eigenvalue weighted by Crippen LogP contribution is -2.29. The zero-order valence-electron chi connectivity index (χ0n) is 10.1. The van der Waals surface area contributed by atoms with Crippen LogP contribution in [0.1, 0.15) is 12.0 Å². The summed E-state index contributed by atoms with van der Waals surface area (Å²) >= 11 is 3.43. The van der Waals surface area contributed by atoms with Crippen molar-refractivity contribution in [1.29, 1.82) is 5.26 Å². The summed E-state index contributed by atoms with van der Waals surface area (Å²) in [6, 6.07) is 4.16. The Morgan fingerprint density at radius 3 is 2.88 bits per heavy atom. The van der Waals surface area contributed by atoms with E-state index in [1.807, 2.05) is 13.0 Å². The van der Waals surface area contributed by atoms with Gasteiger partial charge in [-0.25, -0.2) is 4.98 Å². The average Bonchev–Trinajstić information content (AvgIpc) is 2.33. The van der Waals surface area contributed by atoms with E-state index >= 15 is 0 Å². The molecule has 0 aliphatic carbocycles. The second-order valence-corrected chi connectivity index (χ2v) is 4.53. The van der Waals surface area contributed by atoms with E-state index in [1.54, 1.807) is 13.3 Å². The van der Waals surface area contributed by atoms with Crippen LogP contribution in [0.4, 0.5) is 5.82 Å². The summed E-state index contributed by atoms with van der Waals surface area (Å²) in [4.78, 5) is 6.42. The van der Waals surface area contributed by atoms with Crippen molar-refractivity contribution >= 4 is 21.7 Å². The smallest absolute Gasteiger partial charge is 0.128 e. The molecule has 0 saturated heterocycles. The molecule has 0 N–H and O–H groups in total. The van der Waals surface area contributed by atoms with Gasteiger partial charge < -0.3 is 9.64 Å².